The lowest BCUT2D eigenvalue weighted by Crippen LogP contribution is -2.48. The first-order valence-electron chi connectivity index (χ1n) is 12.9. The van der Waals surface area contributed by atoms with Crippen molar-refractivity contribution < 1.29 is 38.0 Å². The molecule has 4 unspecified atom stereocenters. The molecule has 0 amide bonds. The predicted octanol–water partition coefficient (Wildman–Crippen LogP) is 5.40. The Balaban J connectivity index is 1.60. The van der Waals surface area contributed by atoms with Crippen LogP contribution in [0.1, 0.15) is 36.2 Å². The van der Waals surface area contributed by atoms with Crippen LogP contribution in [0.2, 0.25) is 0 Å². The van der Waals surface area contributed by atoms with E-state index in [9.17, 15) is 4.79 Å². The van der Waals surface area contributed by atoms with Crippen LogP contribution in [0.5, 0.6) is 28.7 Å². The number of methoxy groups -OCH3 is 3. The summed E-state index contributed by atoms with van der Waals surface area (Å²) in [4.78, 5) is 13.5. The van der Waals surface area contributed by atoms with Crippen molar-refractivity contribution in [1.29, 1.82) is 0 Å². The van der Waals surface area contributed by atoms with Crippen LogP contribution < -0.4 is 23.7 Å². The third kappa shape index (κ3) is 3.85. The molecule has 3 aliphatic rings. The molecule has 1 aliphatic carbocycles. The van der Waals surface area contributed by atoms with Gasteiger partial charge in [0.15, 0.2) is 28.8 Å². The largest absolute Gasteiger partial charge is 0.493 e. The predicted molar refractivity (Wildman–Crippen MR) is 141 cm³/mol. The smallest absolute Gasteiger partial charge is 0.231 e. The van der Waals surface area contributed by atoms with Crippen LogP contribution in [0.4, 0.5) is 0 Å². The molecule has 0 bridgehead atoms. The van der Waals surface area contributed by atoms with E-state index in [0.717, 1.165) is 27.5 Å². The monoisotopic (exact) mass is 520 g/mol. The van der Waals surface area contributed by atoms with Gasteiger partial charge in [-0.25, -0.2) is 0 Å². The molecule has 3 aromatic rings. The first-order valence-corrected chi connectivity index (χ1v) is 12.9. The van der Waals surface area contributed by atoms with Crippen molar-refractivity contribution in [3.05, 3.63) is 41.5 Å². The van der Waals surface area contributed by atoms with Gasteiger partial charge in [0.2, 0.25) is 13.1 Å². The van der Waals surface area contributed by atoms with E-state index in [4.69, 9.17) is 33.2 Å². The fourth-order valence-electron chi connectivity index (χ4n) is 5.84. The summed E-state index contributed by atoms with van der Waals surface area (Å²) in [6, 6.07) is 9.59. The van der Waals surface area contributed by atoms with E-state index in [2.05, 4.69) is 13.8 Å². The number of rotatable bonds is 6. The van der Waals surface area contributed by atoms with E-state index in [1.54, 1.807) is 21.3 Å². The Labute approximate surface area is 221 Å². The van der Waals surface area contributed by atoms with Crippen molar-refractivity contribution in [3.63, 3.8) is 0 Å². The lowest BCUT2D eigenvalue weighted by molar-refractivity contribution is -0.213. The van der Waals surface area contributed by atoms with Gasteiger partial charge in [0.1, 0.15) is 11.9 Å². The van der Waals surface area contributed by atoms with E-state index in [1.807, 2.05) is 30.3 Å². The van der Waals surface area contributed by atoms with Gasteiger partial charge in [-0.15, -0.1) is 0 Å². The molecule has 0 N–H and O–H groups in total. The molecule has 3 aromatic carbocycles. The fraction of sp³-hybridized carbons (Fsp3) is 0.433. The van der Waals surface area contributed by atoms with E-state index < -0.39 is 6.29 Å². The van der Waals surface area contributed by atoms with Crippen molar-refractivity contribution in [2.45, 2.75) is 39.1 Å². The highest BCUT2D eigenvalue weighted by molar-refractivity contribution is 6.16. The summed E-state index contributed by atoms with van der Waals surface area (Å²) in [7, 11) is 4.89. The highest BCUT2D eigenvalue weighted by Gasteiger charge is 2.40. The van der Waals surface area contributed by atoms with Crippen LogP contribution in [0.3, 0.4) is 0 Å². The molecule has 0 spiro atoms. The molecule has 4 atom stereocenters. The van der Waals surface area contributed by atoms with Crippen LogP contribution in [0.15, 0.2) is 30.3 Å². The molecule has 1 fully saturated rings. The normalized spacial score (nSPS) is 24.0. The number of hydrogen-bond acceptors (Lipinski definition) is 8. The van der Waals surface area contributed by atoms with Crippen LogP contribution in [0.25, 0.3) is 21.9 Å². The van der Waals surface area contributed by atoms with Crippen LogP contribution in [-0.4, -0.2) is 52.9 Å². The molecule has 6 rings (SSSR count). The van der Waals surface area contributed by atoms with Gasteiger partial charge < -0.3 is 33.2 Å². The number of benzene rings is 3. The highest BCUT2D eigenvalue weighted by Crippen LogP contribution is 2.50. The van der Waals surface area contributed by atoms with Gasteiger partial charge in [-0.2, -0.15) is 0 Å². The number of ether oxygens (including phenoxy) is 7. The van der Waals surface area contributed by atoms with Gasteiger partial charge in [0, 0.05) is 35.6 Å². The molecule has 200 valence electrons. The SMILES string of the molecule is COc1cc2c(OC3OCC(C)C(C)C3OC)c3c(c(-c4ccc5c(c4)OCO5)c2cc1OC)C(=O)CC3. The van der Waals surface area contributed by atoms with Crippen LogP contribution >= 0.6 is 0 Å². The van der Waals surface area contributed by atoms with E-state index in [-0.39, 0.29) is 24.6 Å². The molecule has 1 saturated heterocycles. The Bertz CT molecular complexity index is 1410. The highest BCUT2D eigenvalue weighted by atomic mass is 16.7. The van der Waals surface area contributed by atoms with Gasteiger partial charge in [-0.05, 0) is 53.5 Å². The molecule has 0 aromatic heterocycles. The summed E-state index contributed by atoms with van der Waals surface area (Å²) < 4.78 is 41.2. The van der Waals surface area contributed by atoms with Crippen molar-refractivity contribution in [2.75, 3.05) is 34.7 Å². The maximum Gasteiger partial charge on any atom is 0.231 e. The molecule has 2 heterocycles. The summed E-state index contributed by atoms with van der Waals surface area (Å²) in [5, 5.41) is 1.63. The molecule has 0 saturated carbocycles. The number of Topliss-reactive ketones (excluding diaryl/α,β-unsaturated/α-hetero) is 1. The Morgan fingerprint density at radius 3 is 2.34 bits per heavy atom. The maximum absolute atomic E-state index is 13.5. The number of fused-ring (bicyclic) bond motifs is 3. The van der Waals surface area contributed by atoms with Crippen molar-refractivity contribution in [3.8, 4) is 39.9 Å². The van der Waals surface area contributed by atoms with Gasteiger partial charge in [-0.3, -0.25) is 4.79 Å². The van der Waals surface area contributed by atoms with E-state index in [0.29, 0.717) is 59.7 Å². The van der Waals surface area contributed by atoms with Gasteiger partial charge in [0.05, 0.1) is 20.8 Å². The maximum atomic E-state index is 13.5. The third-order valence-electron chi connectivity index (χ3n) is 8.12. The van der Waals surface area contributed by atoms with Gasteiger partial charge in [0.25, 0.3) is 0 Å². The minimum atomic E-state index is -0.612. The van der Waals surface area contributed by atoms with E-state index >= 15 is 0 Å². The third-order valence-corrected chi connectivity index (χ3v) is 8.12. The lowest BCUT2D eigenvalue weighted by atomic mass is 9.88. The quantitative estimate of drug-likeness (QED) is 0.427. The molecular weight excluding hydrogens is 488 g/mol. The van der Waals surface area contributed by atoms with Gasteiger partial charge >= 0.3 is 0 Å². The molecule has 8 nitrogen and oxygen atoms in total. The summed E-state index contributed by atoms with van der Waals surface area (Å²) in [5.74, 6) is 3.74. The average molecular weight is 521 g/mol. The Hall–Kier alpha value is -3.49. The topological polar surface area (TPSA) is 81.7 Å². The molecule has 38 heavy (non-hydrogen) atoms. The van der Waals surface area contributed by atoms with Crippen molar-refractivity contribution >= 4 is 16.6 Å². The fourth-order valence-corrected chi connectivity index (χ4v) is 5.84. The molecule has 0 radical (unpaired) electrons. The van der Waals surface area contributed by atoms with Crippen LogP contribution in [0, 0.1) is 11.8 Å². The molecule has 2 aliphatic heterocycles. The zero-order valence-corrected chi connectivity index (χ0v) is 22.3. The zero-order chi connectivity index (χ0) is 26.6. The summed E-state index contributed by atoms with van der Waals surface area (Å²) in [5.41, 5.74) is 3.20. The standard InChI is InChI=1S/C30H32O8/c1-15-13-35-30(28(34-5)16(15)2)38-29-18-7-8-21(31)27(18)26(17-6-9-22-25(10-17)37-14-36-22)19-11-23(32-3)24(33-4)12-20(19)29/h6,9-12,15-16,28,30H,7-8,13-14H2,1-5H3. The Morgan fingerprint density at radius 1 is 0.868 bits per heavy atom. The van der Waals surface area contributed by atoms with Crippen molar-refractivity contribution in [1.82, 2.24) is 0 Å². The Morgan fingerprint density at radius 2 is 1.61 bits per heavy atom. The second-order valence-electron chi connectivity index (χ2n) is 10.2. The summed E-state index contributed by atoms with van der Waals surface area (Å²) in [6.45, 7) is 5.04. The second-order valence-corrected chi connectivity index (χ2v) is 10.2. The Kier molecular flexibility index (Phi) is 6.32. The van der Waals surface area contributed by atoms with Crippen molar-refractivity contribution in [2.24, 2.45) is 11.8 Å². The number of carbonyl (C=O) groups is 1. The zero-order valence-electron chi connectivity index (χ0n) is 22.3. The second kappa shape index (κ2) is 9.67. The first kappa shape index (κ1) is 24.8. The number of carbonyl (C=O) groups excluding carboxylic acids is 1. The molecule has 8 heteroatoms. The average Bonchev–Trinajstić information content (AvgIpc) is 3.56. The first-order chi connectivity index (χ1) is 18.4. The lowest BCUT2D eigenvalue weighted by Gasteiger charge is -2.39. The van der Waals surface area contributed by atoms with Crippen LogP contribution in [-0.2, 0) is 15.9 Å². The minimum absolute atomic E-state index is 0.0732. The number of ketones is 1. The van der Waals surface area contributed by atoms with E-state index in [1.165, 1.54) is 0 Å². The summed E-state index contributed by atoms with van der Waals surface area (Å²) >= 11 is 0. The summed E-state index contributed by atoms with van der Waals surface area (Å²) in [6.07, 6.45) is 0.108. The number of hydrogen-bond donors (Lipinski definition) is 0. The molecular formula is C30H32O8. The minimum Gasteiger partial charge on any atom is -0.493 e. The van der Waals surface area contributed by atoms with Gasteiger partial charge in [-0.1, -0.05) is 19.9 Å².